The number of aromatic nitrogens is 2. The Morgan fingerprint density at radius 3 is 2.56 bits per heavy atom. The molecule has 0 atom stereocenters. The van der Waals surface area contributed by atoms with Gasteiger partial charge in [0.15, 0.2) is 5.82 Å². The van der Waals surface area contributed by atoms with E-state index in [0.29, 0.717) is 18.0 Å². The first-order valence-electron chi connectivity index (χ1n) is 7.53. The molecule has 0 saturated heterocycles. The first-order chi connectivity index (χ1) is 11.8. The zero-order valence-corrected chi connectivity index (χ0v) is 14.7. The van der Waals surface area contributed by atoms with Gasteiger partial charge >= 0.3 is 5.97 Å². The van der Waals surface area contributed by atoms with E-state index in [1.165, 1.54) is 0 Å². The molecule has 1 aromatic heterocycles. The second-order valence-electron chi connectivity index (χ2n) is 5.19. The Bertz CT molecular complexity index is 816. The topological polar surface area (TPSA) is 123 Å². The van der Waals surface area contributed by atoms with Crippen LogP contribution in [0.15, 0.2) is 28.8 Å². The minimum absolute atomic E-state index is 0.0876. The van der Waals surface area contributed by atoms with Gasteiger partial charge in [-0.25, -0.2) is 8.42 Å². The fourth-order valence-corrected chi connectivity index (χ4v) is 2.93. The van der Waals surface area contributed by atoms with Gasteiger partial charge in [-0.15, -0.1) is 0 Å². The molecule has 2 aromatic rings. The number of sulfonamides is 1. The zero-order chi connectivity index (χ0) is 18.4. The van der Waals surface area contributed by atoms with Crippen molar-refractivity contribution < 1.29 is 27.6 Å². The number of carbonyl (C=O) groups is 1. The summed E-state index contributed by atoms with van der Waals surface area (Å²) in [6.45, 7) is 2.25. The van der Waals surface area contributed by atoms with Crippen LogP contribution in [-0.4, -0.2) is 42.5 Å². The minimum atomic E-state index is -3.58. The van der Waals surface area contributed by atoms with Crippen LogP contribution in [0.1, 0.15) is 25.1 Å². The lowest BCUT2D eigenvalue weighted by molar-refractivity contribution is -0.137. The Morgan fingerprint density at radius 1 is 1.32 bits per heavy atom. The molecule has 1 aromatic carbocycles. The largest absolute Gasteiger partial charge is 0.494 e. The van der Waals surface area contributed by atoms with E-state index in [1.54, 1.807) is 24.3 Å². The molecule has 0 radical (unpaired) electrons. The SMILES string of the molecule is CCOc1ccc(N(Cc2noc(CCC(=O)O)n2)S(C)(=O)=O)cc1. The minimum Gasteiger partial charge on any atom is -0.494 e. The Kier molecular flexibility index (Phi) is 5.97. The summed E-state index contributed by atoms with van der Waals surface area (Å²) in [4.78, 5) is 14.6. The number of anilines is 1. The maximum absolute atomic E-state index is 12.1. The highest BCUT2D eigenvalue weighted by Crippen LogP contribution is 2.23. The number of benzene rings is 1. The van der Waals surface area contributed by atoms with Crippen LogP contribution in [0.5, 0.6) is 5.75 Å². The smallest absolute Gasteiger partial charge is 0.303 e. The molecule has 0 aliphatic rings. The van der Waals surface area contributed by atoms with Gasteiger partial charge in [0.2, 0.25) is 15.9 Å². The van der Waals surface area contributed by atoms with Gasteiger partial charge in [0.05, 0.1) is 31.5 Å². The zero-order valence-electron chi connectivity index (χ0n) is 13.9. The number of aliphatic carboxylic acids is 1. The molecule has 0 bridgehead atoms. The standard InChI is InChI=1S/C15H19N3O6S/c1-3-23-12-6-4-11(5-7-12)18(25(2,21)22)10-13-16-14(24-17-13)8-9-15(19)20/h4-7H,3,8-10H2,1-2H3,(H,19,20). The van der Waals surface area contributed by atoms with E-state index >= 15 is 0 Å². The highest BCUT2D eigenvalue weighted by atomic mass is 32.2. The molecule has 10 heteroatoms. The van der Waals surface area contributed by atoms with Crippen LogP contribution in [0, 0.1) is 0 Å². The van der Waals surface area contributed by atoms with Crippen LogP contribution >= 0.6 is 0 Å². The molecule has 0 fully saturated rings. The van der Waals surface area contributed by atoms with Gasteiger partial charge in [-0.05, 0) is 31.2 Å². The molecule has 0 saturated carbocycles. The number of rotatable bonds is 9. The van der Waals surface area contributed by atoms with Crippen LogP contribution in [0.4, 0.5) is 5.69 Å². The van der Waals surface area contributed by atoms with Crippen molar-refractivity contribution in [3.63, 3.8) is 0 Å². The van der Waals surface area contributed by atoms with E-state index in [0.717, 1.165) is 10.6 Å². The van der Waals surface area contributed by atoms with Crippen LogP contribution in [0.25, 0.3) is 0 Å². The van der Waals surface area contributed by atoms with Crippen LogP contribution < -0.4 is 9.04 Å². The van der Waals surface area contributed by atoms with Crippen LogP contribution in [0.2, 0.25) is 0 Å². The lowest BCUT2D eigenvalue weighted by Gasteiger charge is -2.21. The highest BCUT2D eigenvalue weighted by molar-refractivity contribution is 7.92. The highest BCUT2D eigenvalue weighted by Gasteiger charge is 2.21. The van der Waals surface area contributed by atoms with E-state index in [1.807, 2.05) is 6.92 Å². The molecular weight excluding hydrogens is 350 g/mol. The number of ether oxygens (including phenoxy) is 1. The van der Waals surface area contributed by atoms with Crippen molar-refractivity contribution in [1.82, 2.24) is 10.1 Å². The molecular formula is C15H19N3O6S. The summed E-state index contributed by atoms with van der Waals surface area (Å²) in [5, 5.41) is 12.4. The lowest BCUT2D eigenvalue weighted by Crippen LogP contribution is -2.29. The molecule has 136 valence electrons. The summed E-state index contributed by atoms with van der Waals surface area (Å²) in [7, 11) is -3.58. The van der Waals surface area contributed by atoms with Crippen molar-refractivity contribution in [2.45, 2.75) is 26.3 Å². The third-order valence-electron chi connectivity index (χ3n) is 3.18. The van der Waals surface area contributed by atoms with Crippen LogP contribution in [-0.2, 0) is 27.8 Å². The van der Waals surface area contributed by atoms with Gasteiger partial charge in [0.1, 0.15) is 5.75 Å². The van der Waals surface area contributed by atoms with Gasteiger partial charge in [0.25, 0.3) is 0 Å². The van der Waals surface area contributed by atoms with E-state index in [-0.39, 0.29) is 31.1 Å². The average molecular weight is 369 g/mol. The first-order valence-corrected chi connectivity index (χ1v) is 9.38. The molecule has 0 aliphatic carbocycles. The summed E-state index contributed by atoms with van der Waals surface area (Å²) in [6.07, 6.45) is 1.02. The Labute approximate surface area is 145 Å². The predicted octanol–water partition coefficient (Wildman–Crippen LogP) is 1.45. The molecule has 9 nitrogen and oxygen atoms in total. The second-order valence-corrected chi connectivity index (χ2v) is 7.10. The van der Waals surface area contributed by atoms with Crippen molar-refractivity contribution in [2.24, 2.45) is 0 Å². The monoisotopic (exact) mass is 369 g/mol. The molecule has 0 spiro atoms. The predicted molar refractivity (Wildman–Crippen MR) is 88.9 cm³/mol. The van der Waals surface area contributed by atoms with E-state index in [9.17, 15) is 13.2 Å². The number of carboxylic acid groups (broad SMARTS) is 1. The molecule has 25 heavy (non-hydrogen) atoms. The maximum Gasteiger partial charge on any atom is 0.303 e. The first kappa shape index (κ1) is 18.7. The lowest BCUT2D eigenvalue weighted by atomic mass is 10.3. The molecule has 2 rings (SSSR count). The third-order valence-corrected chi connectivity index (χ3v) is 4.32. The van der Waals surface area contributed by atoms with Crippen molar-refractivity contribution >= 4 is 21.7 Å². The Balaban J connectivity index is 2.17. The summed E-state index contributed by atoms with van der Waals surface area (Å²) < 4.78 is 35.6. The van der Waals surface area contributed by atoms with Crippen molar-refractivity contribution in [2.75, 3.05) is 17.2 Å². The second kappa shape index (κ2) is 7.97. The average Bonchev–Trinajstić information content (AvgIpc) is 2.99. The van der Waals surface area contributed by atoms with Gasteiger partial charge in [-0.3, -0.25) is 9.10 Å². The van der Waals surface area contributed by atoms with E-state index in [2.05, 4.69) is 10.1 Å². The Morgan fingerprint density at radius 2 is 2.00 bits per heavy atom. The van der Waals surface area contributed by atoms with Crippen molar-refractivity contribution in [1.29, 1.82) is 0 Å². The Hall–Kier alpha value is -2.62. The maximum atomic E-state index is 12.1. The van der Waals surface area contributed by atoms with Crippen molar-refractivity contribution in [3.8, 4) is 5.75 Å². The number of aryl methyl sites for hydroxylation is 1. The van der Waals surface area contributed by atoms with Crippen molar-refractivity contribution in [3.05, 3.63) is 36.0 Å². The van der Waals surface area contributed by atoms with Gasteiger partial charge < -0.3 is 14.4 Å². The number of carboxylic acids is 1. The summed E-state index contributed by atoms with van der Waals surface area (Å²) in [6, 6.07) is 6.59. The normalized spacial score (nSPS) is 11.3. The fraction of sp³-hybridized carbons (Fsp3) is 0.400. The van der Waals surface area contributed by atoms with Gasteiger partial charge in [-0.2, -0.15) is 4.98 Å². The van der Waals surface area contributed by atoms with Gasteiger partial charge in [-0.1, -0.05) is 5.16 Å². The third kappa shape index (κ3) is 5.45. The number of hydrogen-bond acceptors (Lipinski definition) is 7. The number of hydrogen-bond donors (Lipinski definition) is 1. The molecule has 1 heterocycles. The molecule has 0 aliphatic heterocycles. The fourth-order valence-electron chi connectivity index (χ4n) is 2.07. The summed E-state index contributed by atoms with van der Waals surface area (Å²) in [5.41, 5.74) is 0.433. The number of nitrogens with zero attached hydrogens (tertiary/aromatic N) is 3. The van der Waals surface area contributed by atoms with Crippen LogP contribution in [0.3, 0.4) is 0 Å². The molecule has 0 unspecified atom stereocenters. The van der Waals surface area contributed by atoms with E-state index < -0.39 is 16.0 Å². The summed E-state index contributed by atoms with van der Waals surface area (Å²) in [5.74, 6) is -0.0423. The van der Waals surface area contributed by atoms with Gasteiger partial charge in [0, 0.05) is 6.42 Å². The quantitative estimate of drug-likeness (QED) is 0.704. The summed E-state index contributed by atoms with van der Waals surface area (Å²) >= 11 is 0. The molecule has 0 amide bonds. The van der Waals surface area contributed by atoms with E-state index in [4.69, 9.17) is 14.4 Å². The molecule has 1 N–H and O–H groups in total.